The van der Waals surface area contributed by atoms with Gasteiger partial charge in [0.05, 0.1) is 15.8 Å². The normalized spacial score (nSPS) is 16.5. The van der Waals surface area contributed by atoms with Gasteiger partial charge in [-0.2, -0.15) is 0 Å². The minimum atomic E-state index is -2.88. The van der Waals surface area contributed by atoms with Crippen molar-refractivity contribution in [2.45, 2.75) is 31.7 Å². The van der Waals surface area contributed by atoms with E-state index in [9.17, 15) is 8.78 Å². The molecule has 6 nitrogen and oxygen atoms in total. The molecule has 0 saturated carbocycles. The Labute approximate surface area is 171 Å². The quantitative estimate of drug-likeness (QED) is 0.637. The van der Waals surface area contributed by atoms with Gasteiger partial charge in [0.2, 0.25) is 0 Å². The summed E-state index contributed by atoms with van der Waals surface area (Å²) in [7, 11) is 0. The number of alkyl halides is 2. The van der Waals surface area contributed by atoms with Crippen LogP contribution in [0, 0.1) is 5.41 Å². The third-order valence-corrected chi connectivity index (χ3v) is 5.62. The number of rotatable bonds is 4. The summed E-state index contributed by atoms with van der Waals surface area (Å²) >= 11 is 12.1. The van der Waals surface area contributed by atoms with Gasteiger partial charge in [-0.25, -0.2) is 18.7 Å². The maximum Gasteiger partial charge on any atom is 0.284 e. The largest absolute Gasteiger partial charge is 0.382 e. The summed E-state index contributed by atoms with van der Waals surface area (Å²) in [5, 5.41) is 8.71. The molecule has 10 heteroatoms. The fourth-order valence-corrected chi connectivity index (χ4v) is 3.46. The number of aromatic nitrogens is 2. The van der Waals surface area contributed by atoms with Gasteiger partial charge < -0.3 is 16.4 Å². The molecule has 150 valence electrons. The SMILES string of the molecule is CC1(N)CCN(c2nc(N)c(C(=N)c3cccc(Cl)c3Cl)nc2C(F)F)CC1. The van der Waals surface area contributed by atoms with E-state index >= 15 is 0 Å². The Balaban J connectivity index is 2.02. The molecule has 0 amide bonds. The lowest BCUT2D eigenvalue weighted by Crippen LogP contribution is -2.48. The average molecular weight is 429 g/mol. The predicted octanol–water partition coefficient (Wildman–Crippen LogP) is 4.04. The van der Waals surface area contributed by atoms with Gasteiger partial charge in [0.1, 0.15) is 11.4 Å². The van der Waals surface area contributed by atoms with Crippen LogP contribution in [0.5, 0.6) is 0 Å². The molecule has 1 fully saturated rings. The second-order valence-electron chi connectivity index (χ2n) is 7.08. The summed E-state index contributed by atoms with van der Waals surface area (Å²) in [6.07, 6.45) is -1.62. The molecule has 3 rings (SSSR count). The standard InChI is InChI=1S/C18H20Cl2F2N6/c1-18(25)5-7-28(8-6-18)17-14(15(21)22)26-13(16(24)27-17)12(23)9-3-2-4-10(19)11(9)20/h2-4,15,23H,5-8,25H2,1H3,(H2,24,27). The summed E-state index contributed by atoms with van der Waals surface area (Å²) in [6.45, 7) is 2.87. The van der Waals surface area contributed by atoms with Crippen molar-refractivity contribution in [3.63, 3.8) is 0 Å². The van der Waals surface area contributed by atoms with Gasteiger partial charge in [-0.1, -0.05) is 35.3 Å². The summed E-state index contributed by atoms with van der Waals surface area (Å²) in [6, 6.07) is 4.70. The van der Waals surface area contributed by atoms with E-state index < -0.39 is 12.1 Å². The molecule has 1 saturated heterocycles. The molecule has 2 heterocycles. The number of halogens is 4. The summed E-state index contributed by atoms with van der Waals surface area (Å²) in [5.74, 6) is -0.0988. The van der Waals surface area contributed by atoms with Crippen LogP contribution in [0.15, 0.2) is 18.2 Å². The van der Waals surface area contributed by atoms with Gasteiger partial charge in [0.25, 0.3) is 6.43 Å². The van der Waals surface area contributed by atoms with Crippen LogP contribution in [0.1, 0.15) is 43.1 Å². The summed E-state index contributed by atoms with van der Waals surface area (Å²) in [4.78, 5) is 9.87. The number of nitrogens with one attached hydrogen (secondary N) is 1. The maximum atomic E-state index is 13.7. The molecule has 1 aromatic heterocycles. The van der Waals surface area contributed by atoms with E-state index in [1.165, 1.54) is 0 Å². The molecular weight excluding hydrogens is 409 g/mol. The zero-order chi connectivity index (χ0) is 20.6. The van der Waals surface area contributed by atoms with Crippen LogP contribution < -0.4 is 16.4 Å². The van der Waals surface area contributed by atoms with Crippen LogP contribution in [-0.2, 0) is 0 Å². The predicted molar refractivity (Wildman–Crippen MR) is 108 cm³/mol. The molecule has 1 aromatic carbocycles. The first kappa shape index (κ1) is 20.7. The smallest absolute Gasteiger partial charge is 0.284 e. The highest BCUT2D eigenvalue weighted by Crippen LogP contribution is 2.33. The van der Waals surface area contributed by atoms with E-state index in [2.05, 4.69) is 9.97 Å². The first-order valence-corrected chi connectivity index (χ1v) is 9.39. The Morgan fingerprint density at radius 3 is 2.50 bits per heavy atom. The van der Waals surface area contributed by atoms with E-state index in [-0.39, 0.29) is 44.2 Å². The topological polar surface area (TPSA) is 105 Å². The Morgan fingerprint density at radius 2 is 1.89 bits per heavy atom. The zero-order valence-electron chi connectivity index (χ0n) is 15.1. The maximum absolute atomic E-state index is 13.7. The highest BCUT2D eigenvalue weighted by atomic mass is 35.5. The molecule has 1 aliphatic heterocycles. The second-order valence-corrected chi connectivity index (χ2v) is 7.87. The molecule has 0 unspecified atom stereocenters. The van der Waals surface area contributed by atoms with Crippen LogP contribution >= 0.6 is 23.2 Å². The lowest BCUT2D eigenvalue weighted by molar-refractivity contribution is 0.146. The van der Waals surface area contributed by atoms with Gasteiger partial charge >= 0.3 is 0 Å². The molecule has 28 heavy (non-hydrogen) atoms. The fourth-order valence-electron chi connectivity index (χ4n) is 3.07. The monoisotopic (exact) mass is 428 g/mol. The van der Waals surface area contributed by atoms with Gasteiger partial charge in [0.15, 0.2) is 11.6 Å². The lowest BCUT2D eigenvalue weighted by atomic mass is 9.91. The fraction of sp³-hybridized carbons (Fsp3) is 0.389. The van der Waals surface area contributed by atoms with E-state index in [1.54, 1.807) is 23.1 Å². The first-order chi connectivity index (χ1) is 13.1. The Kier molecular flexibility index (Phi) is 5.74. The molecule has 1 aliphatic rings. The van der Waals surface area contributed by atoms with Crippen molar-refractivity contribution in [3.8, 4) is 0 Å². The van der Waals surface area contributed by atoms with Crippen LogP contribution in [0.3, 0.4) is 0 Å². The van der Waals surface area contributed by atoms with Crippen molar-refractivity contribution in [1.29, 1.82) is 5.41 Å². The molecule has 0 radical (unpaired) electrons. The minimum absolute atomic E-state index is 0.0248. The number of piperidine rings is 1. The Bertz CT molecular complexity index is 909. The molecule has 0 spiro atoms. The van der Waals surface area contributed by atoms with Crippen LogP contribution in [-0.4, -0.2) is 34.3 Å². The number of hydrogen-bond donors (Lipinski definition) is 3. The molecular formula is C18H20Cl2F2N6. The highest BCUT2D eigenvalue weighted by Gasteiger charge is 2.31. The van der Waals surface area contributed by atoms with Crippen molar-refractivity contribution in [2.24, 2.45) is 5.73 Å². The summed E-state index contributed by atoms with van der Waals surface area (Å²) < 4.78 is 27.5. The number of benzene rings is 1. The number of anilines is 2. The first-order valence-electron chi connectivity index (χ1n) is 8.63. The molecule has 0 bridgehead atoms. The van der Waals surface area contributed by atoms with Crippen molar-refractivity contribution in [1.82, 2.24) is 9.97 Å². The third kappa shape index (κ3) is 4.04. The zero-order valence-corrected chi connectivity index (χ0v) is 16.7. The Hall–Kier alpha value is -2.03. The van der Waals surface area contributed by atoms with Crippen molar-refractivity contribution in [3.05, 3.63) is 45.2 Å². The Morgan fingerprint density at radius 1 is 1.25 bits per heavy atom. The number of nitrogens with zero attached hydrogens (tertiary/aromatic N) is 3. The minimum Gasteiger partial charge on any atom is -0.382 e. The second kappa shape index (κ2) is 7.77. The molecule has 2 aromatic rings. The van der Waals surface area contributed by atoms with Gasteiger partial charge in [-0.05, 0) is 25.8 Å². The highest BCUT2D eigenvalue weighted by molar-refractivity contribution is 6.44. The van der Waals surface area contributed by atoms with E-state index in [1.807, 2.05) is 6.92 Å². The number of nitrogen functional groups attached to an aromatic ring is 1. The van der Waals surface area contributed by atoms with Crippen LogP contribution in [0.4, 0.5) is 20.4 Å². The molecule has 5 N–H and O–H groups in total. The van der Waals surface area contributed by atoms with Gasteiger partial charge in [0, 0.05) is 24.2 Å². The van der Waals surface area contributed by atoms with Crippen molar-refractivity contribution < 1.29 is 8.78 Å². The number of hydrogen-bond acceptors (Lipinski definition) is 6. The van der Waals surface area contributed by atoms with Crippen LogP contribution in [0.25, 0.3) is 0 Å². The summed E-state index contributed by atoms with van der Waals surface area (Å²) in [5.41, 5.74) is 11.1. The van der Waals surface area contributed by atoms with E-state index in [0.717, 1.165) is 0 Å². The van der Waals surface area contributed by atoms with E-state index in [4.69, 9.17) is 40.1 Å². The third-order valence-electron chi connectivity index (χ3n) is 4.80. The number of nitrogens with two attached hydrogens (primary N) is 2. The van der Waals surface area contributed by atoms with Crippen molar-refractivity contribution >= 4 is 40.5 Å². The van der Waals surface area contributed by atoms with Gasteiger partial charge in [-0.15, -0.1) is 0 Å². The van der Waals surface area contributed by atoms with Gasteiger partial charge in [-0.3, -0.25) is 5.41 Å². The molecule has 0 atom stereocenters. The van der Waals surface area contributed by atoms with Crippen LogP contribution in [0.2, 0.25) is 10.0 Å². The molecule has 0 aliphatic carbocycles. The average Bonchev–Trinajstić information content (AvgIpc) is 2.63. The van der Waals surface area contributed by atoms with E-state index in [0.29, 0.717) is 25.9 Å². The lowest BCUT2D eigenvalue weighted by Gasteiger charge is -2.37. The van der Waals surface area contributed by atoms with Crippen molar-refractivity contribution in [2.75, 3.05) is 23.7 Å².